The van der Waals surface area contributed by atoms with Gasteiger partial charge in [0.1, 0.15) is 22.3 Å². The second kappa shape index (κ2) is 7.76. The number of fused-ring (bicyclic) bond motifs is 22. The van der Waals surface area contributed by atoms with Crippen LogP contribution in [0.15, 0.2) is 110 Å². The van der Waals surface area contributed by atoms with E-state index in [0.717, 1.165) is 109 Å². The fraction of sp³-hybridized carbons (Fsp3) is 0. The Balaban J connectivity index is 1.45. The molecule has 0 saturated heterocycles. The number of benzene rings is 4. The Morgan fingerprint density at radius 2 is 0.812 bits per heavy atom. The first-order valence-electron chi connectivity index (χ1n) is 16.0. The number of nitrogens with zero attached hydrogens (tertiary/aromatic N) is 8. The molecule has 0 bridgehead atoms. The fourth-order valence-electron chi connectivity index (χ4n) is 8.82. The van der Waals surface area contributed by atoms with Gasteiger partial charge in [0.05, 0.1) is 33.1 Å². The van der Waals surface area contributed by atoms with Gasteiger partial charge in [-0.1, -0.05) is 36.4 Å². The summed E-state index contributed by atoms with van der Waals surface area (Å²) in [7, 11) is 0. The molecule has 0 N–H and O–H groups in total. The summed E-state index contributed by atoms with van der Waals surface area (Å²) >= 11 is 0. The predicted octanol–water partition coefficient (Wildman–Crippen LogP) is 8.97. The van der Waals surface area contributed by atoms with E-state index in [4.69, 9.17) is 19.9 Å². The van der Waals surface area contributed by atoms with Crippen molar-refractivity contribution >= 4 is 120 Å². The van der Waals surface area contributed by atoms with Crippen LogP contribution >= 0.6 is 0 Å². The molecule has 0 aliphatic rings. The molecule has 0 amide bonds. The van der Waals surface area contributed by atoms with E-state index in [0.29, 0.717) is 0 Å². The van der Waals surface area contributed by atoms with Crippen LogP contribution < -0.4 is 0 Å². The lowest BCUT2D eigenvalue weighted by atomic mass is 10.0. The SMILES string of the molecule is c1cnc2c(c1)c1cccc3c4c5nc6c7ccncc7c7cnccc7c6nc5c5c6cccc7c8cccnc8n(c76)c5c4n2c13. The van der Waals surface area contributed by atoms with Gasteiger partial charge in [0.15, 0.2) is 0 Å². The van der Waals surface area contributed by atoms with Crippen molar-refractivity contribution in [1.82, 2.24) is 38.7 Å². The van der Waals surface area contributed by atoms with Gasteiger partial charge in [-0.25, -0.2) is 19.9 Å². The van der Waals surface area contributed by atoms with Crippen molar-refractivity contribution in [3.8, 4) is 0 Å². The first-order valence-corrected chi connectivity index (χ1v) is 16.0. The summed E-state index contributed by atoms with van der Waals surface area (Å²) in [4.78, 5) is 30.2. The van der Waals surface area contributed by atoms with Gasteiger partial charge in [-0.3, -0.25) is 18.8 Å². The van der Waals surface area contributed by atoms with E-state index in [1.807, 2.05) is 61.4 Å². The molecular formula is C40H18N8. The lowest BCUT2D eigenvalue weighted by Crippen LogP contribution is -1.95. The van der Waals surface area contributed by atoms with Crippen LogP contribution in [0.2, 0.25) is 0 Å². The van der Waals surface area contributed by atoms with Crippen LogP contribution in [0.5, 0.6) is 0 Å². The molecule has 13 aromatic rings. The normalized spacial score (nSPS) is 13.0. The third-order valence-electron chi connectivity index (χ3n) is 10.6. The minimum absolute atomic E-state index is 0.857. The summed E-state index contributed by atoms with van der Waals surface area (Å²) in [6.07, 6.45) is 11.3. The van der Waals surface area contributed by atoms with E-state index in [9.17, 15) is 0 Å². The zero-order valence-electron chi connectivity index (χ0n) is 25.0. The van der Waals surface area contributed by atoms with E-state index in [1.54, 1.807) is 0 Å². The highest BCUT2D eigenvalue weighted by atomic mass is 15.0. The van der Waals surface area contributed by atoms with Crippen molar-refractivity contribution in [3.63, 3.8) is 0 Å². The summed E-state index contributed by atoms with van der Waals surface area (Å²) in [5, 5.41) is 13.1. The van der Waals surface area contributed by atoms with Crippen LogP contribution in [0.25, 0.3) is 120 Å². The van der Waals surface area contributed by atoms with Crippen LogP contribution in [-0.2, 0) is 0 Å². The Hall–Kier alpha value is -6.80. The van der Waals surface area contributed by atoms with Crippen LogP contribution in [0.3, 0.4) is 0 Å². The summed E-state index contributed by atoms with van der Waals surface area (Å²) in [6, 6.07) is 25.6. The Morgan fingerprint density at radius 1 is 0.354 bits per heavy atom. The van der Waals surface area contributed by atoms with Gasteiger partial charge in [-0.2, -0.15) is 0 Å². The smallest absolute Gasteiger partial charge is 0.145 e. The van der Waals surface area contributed by atoms with Crippen molar-refractivity contribution < 1.29 is 0 Å². The molecule has 9 heterocycles. The van der Waals surface area contributed by atoms with Gasteiger partial charge in [-0.05, 0) is 36.4 Å². The van der Waals surface area contributed by atoms with Crippen LogP contribution in [0.1, 0.15) is 0 Å². The monoisotopic (exact) mass is 610 g/mol. The minimum Gasteiger partial charge on any atom is -0.290 e. The first kappa shape index (κ1) is 23.5. The molecule has 218 valence electrons. The van der Waals surface area contributed by atoms with Gasteiger partial charge in [0.2, 0.25) is 0 Å². The molecule has 8 heteroatoms. The molecule has 13 rings (SSSR count). The van der Waals surface area contributed by atoms with Crippen molar-refractivity contribution in [3.05, 3.63) is 110 Å². The Labute approximate surface area is 268 Å². The van der Waals surface area contributed by atoms with Crippen LogP contribution in [0, 0.1) is 0 Å². The van der Waals surface area contributed by atoms with Crippen LogP contribution in [0.4, 0.5) is 0 Å². The molecule has 8 nitrogen and oxygen atoms in total. The van der Waals surface area contributed by atoms with Crippen molar-refractivity contribution in [2.24, 2.45) is 0 Å². The van der Waals surface area contributed by atoms with Gasteiger partial charge in [0.25, 0.3) is 0 Å². The zero-order chi connectivity index (χ0) is 30.8. The van der Waals surface area contributed by atoms with Crippen LogP contribution in [-0.4, -0.2) is 38.7 Å². The molecule has 0 fully saturated rings. The number of aromatic nitrogens is 8. The Kier molecular flexibility index (Phi) is 3.80. The standard InChI is InChI=1S/C40H18N8/c1-5-21-23-9-3-13-43-39(23)47-35(21)25(7-1)29-33-34(46-32-20-12-16-42-18-28(20)27-17-41-15-11-19(27)31(32)45-33)30-26-8-2-6-22-24-10-4-14-44-40(24)48(36(22)26)38(30)37(29)47/h1-18H. The number of hydrogen-bond acceptors (Lipinski definition) is 6. The molecule has 0 spiro atoms. The highest BCUT2D eigenvalue weighted by Crippen LogP contribution is 2.49. The van der Waals surface area contributed by atoms with Gasteiger partial charge in [0, 0.05) is 102 Å². The third kappa shape index (κ3) is 2.44. The van der Waals surface area contributed by atoms with E-state index >= 15 is 0 Å². The lowest BCUT2D eigenvalue weighted by Gasteiger charge is -2.12. The molecule has 0 atom stereocenters. The number of hydrogen-bond donors (Lipinski definition) is 0. The van der Waals surface area contributed by atoms with Gasteiger partial charge < -0.3 is 0 Å². The molecule has 0 saturated carbocycles. The van der Waals surface area contributed by atoms with Crippen molar-refractivity contribution in [1.29, 1.82) is 0 Å². The van der Waals surface area contributed by atoms with E-state index in [2.05, 4.69) is 67.3 Å². The van der Waals surface area contributed by atoms with Gasteiger partial charge >= 0.3 is 0 Å². The first-order chi connectivity index (χ1) is 23.9. The molecule has 0 radical (unpaired) electrons. The zero-order valence-corrected chi connectivity index (χ0v) is 25.0. The van der Waals surface area contributed by atoms with Crippen molar-refractivity contribution in [2.45, 2.75) is 0 Å². The third-order valence-corrected chi connectivity index (χ3v) is 10.6. The average Bonchev–Trinajstić information content (AvgIpc) is 3.88. The molecule has 9 aromatic heterocycles. The maximum Gasteiger partial charge on any atom is 0.145 e. The topological polar surface area (TPSA) is 86.2 Å². The van der Waals surface area contributed by atoms with E-state index in [-0.39, 0.29) is 0 Å². The molecule has 0 aliphatic carbocycles. The summed E-state index contributed by atoms with van der Waals surface area (Å²) in [5.74, 6) is 0. The summed E-state index contributed by atoms with van der Waals surface area (Å²) in [5.41, 5.74) is 9.77. The highest BCUT2D eigenvalue weighted by molar-refractivity contribution is 6.40. The van der Waals surface area contributed by atoms with Crippen molar-refractivity contribution in [2.75, 3.05) is 0 Å². The van der Waals surface area contributed by atoms with E-state index in [1.165, 1.54) is 10.8 Å². The average molecular weight is 611 g/mol. The fourth-order valence-corrected chi connectivity index (χ4v) is 8.82. The Bertz CT molecular complexity index is 3340. The lowest BCUT2D eigenvalue weighted by molar-refractivity contribution is 1.24. The molecule has 4 aromatic carbocycles. The Morgan fingerprint density at radius 3 is 1.31 bits per heavy atom. The maximum absolute atomic E-state index is 5.64. The summed E-state index contributed by atoms with van der Waals surface area (Å²) in [6.45, 7) is 0. The number of rotatable bonds is 0. The predicted molar refractivity (Wildman–Crippen MR) is 193 cm³/mol. The molecule has 0 aliphatic heterocycles. The maximum atomic E-state index is 5.64. The summed E-state index contributed by atoms with van der Waals surface area (Å²) < 4.78 is 4.72. The highest BCUT2D eigenvalue weighted by Gasteiger charge is 2.29. The molecule has 0 unspecified atom stereocenters. The minimum atomic E-state index is 0.857. The quantitative estimate of drug-likeness (QED) is 0.126. The van der Waals surface area contributed by atoms with E-state index < -0.39 is 0 Å². The second-order valence-corrected chi connectivity index (χ2v) is 12.7. The largest absolute Gasteiger partial charge is 0.290 e. The second-order valence-electron chi connectivity index (χ2n) is 12.7. The van der Waals surface area contributed by atoms with Gasteiger partial charge in [-0.15, -0.1) is 0 Å². The molecule has 48 heavy (non-hydrogen) atoms. The number of pyridine rings is 4. The number of para-hydroxylation sites is 2. The molecular weight excluding hydrogens is 592 g/mol.